The second-order valence-electron chi connectivity index (χ2n) is 5.85. The van der Waals surface area contributed by atoms with Crippen molar-refractivity contribution >= 4 is 34.3 Å². The fourth-order valence-corrected chi connectivity index (χ4v) is 2.90. The van der Waals surface area contributed by atoms with Gasteiger partial charge < -0.3 is 5.32 Å². The third-order valence-electron chi connectivity index (χ3n) is 3.93. The first-order valence-corrected chi connectivity index (χ1v) is 8.30. The highest BCUT2D eigenvalue weighted by Gasteiger charge is 2.32. The second-order valence-corrected chi connectivity index (χ2v) is 6.26. The maximum absolute atomic E-state index is 13.5. The Bertz CT molecular complexity index is 1180. The molecule has 0 bridgehead atoms. The molecule has 0 unspecified atom stereocenters. The van der Waals surface area contributed by atoms with Crippen LogP contribution in [0.25, 0.3) is 22.3 Å². The molecule has 0 aliphatic heterocycles. The predicted octanol–water partition coefficient (Wildman–Crippen LogP) is 5.82. The maximum Gasteiger partial charge on any atom is 0.416 e. The van der Waals surface area contributed by atoms with E-state index in [2.05, 4.69) is 25.5 Å². The third-order valence-corrected chi connectivity index (χ3v) is 4.26. The monoisotopic (exact) mass is 409 g/mol. The zero-order valence-corrected chi connectivity index (χ0v) is 14.6. The molecule has 0 fully saturated rings. The fraction of sp³-hybridized carbons (Fsp3) is 0.0556. The Morgan fingerprint density at radius 3 is 2.64 bits per heavy atom. The third kappa shape index (κ3) is 3.48. The topological polar surface area (TPSA) is 66.5 Å². The summed E-state index contributed by atoms with van der Waals surface area (Å²) in [5, 5.41) is 9.72. The number of halogens is 5. The molecule has 4 rings (SSSR count). The van der Waals surface area contributed by atoms with Crippen LogP contribution in [0.2, 0.25) is 5.02 Å². The van der Waals surface area contributed by atoms with Gasteiger partial charge in [-0.15, -0.1) is 0 Å². The van der Waals surface area contributed by atoms with Crippen molar-refractivity contribution in [3.8, 4) is 11.3 Å². The highest BCUT2D eigenvalue weighted by atomic mass is 35.5. The molecule has 1 aromatic carbocycles. The van der Waals surface area contributed by atoms with E-state index in [1.54, 1.807) is 24.3 Å². The van der Waals surface area contributed by atoms with Crippen molar-refractivity contribution in [2.24, 2.45) is 0 Å². The predicted molar refractivity (Wildman–Crippen MR) is 98.9 cm³/mol. The van der Waals surface area contributed by atoms with Crippen molar-refractivity contribution < 1.29 is 19.0 Å². The first-order valence-electron chi connectivity index (χ1n) is 7.92. The van der Waals surface area contributed by atoms with E-state index in [-0.39, 0.29) is 34.8 Å². The van der Waals surface area contributed by atoms with Crippen LogP contribution in [0.3, 0.4) is 0 Å². The normalized spacial score (nSPS) is 11.8. The zero-order chi connectivity index (χ0) is 19.9. The average molecular weight is 410 g/mol. The number of nitrogens with one attached hydrogen (secondary N) is 2. The summed E-state index contributed by atoms with van der Waals surface area (Å²) in [5.74, 6) is -0.552. The molecule has 0 atom stereocenters. The minimum absolute atomic E-state index is 0. The van der Waals surface area contributed by atoms with Gasteiger partial charge in [-0.3, -0.25) is 5.10 Å². The van der Waals surface area contributed by atoms with Crippen molar-refractivity contribution in [2.75, 3.05) is 5.32 Å². The highest BCUT2D eigenvalue weighted by molar-refractivity contribution is 6.33. The van der Waals surface area contributed by atoms with Crippen molar-refractivity contribution in [3.05, 3.63) is 65.1 Å². The number of hydrogen-bond acceptors (Lipinski definition) is 4. The van der Waals surface area contributed by atoms with Gasteiger partial charge in [-0.05, 0) is 24.3 Å². The second kappa shape index (κ2) is 6.75. The van der Waals surface area contributed by atoms with Crippen LogP contribution in [0.15, 0.2) is 48.7 Å². The number of rotatable bonds is 3. The van der Waals surface area contributed by atoms with Gasteiger partial charge in [-0.2, -0.15) is 18.3 Å². The van der Waals surface area contributed by atoms with Crippen molar-refractivity contribution in [3.63, 3.8) is 0 Å². The lowest BCUT2D eigenvalue weighted by molar-refractivity contribution is -0.137. The van der Waals surface area contributed by atoms with E-state index in [0.29, 0.717) is 5.56 Å². The number of pyridine rings is 2. The van der Waals surface area contributed by atoms with Gasteiger partial charge in [0.25, 0.3) is 0 Å². The molecule has 0 saturated carbocycles. The summed E-state index contributed by atoms with van der Waals surface area (Å²) in [6.45, 7) is 0. The van der Waals surface area contributed by atoms with Gasteiger partial charge in [0.05, 0.1) is 22.8 Å². The number of aromatic amines is 1. The van der Waals surface area contributed by atoms with Crippen LogP contribution in [0, 0.1) is 5.82 Å². The van der Waals surface area contributed by atoms with Crippen molar-refractivity contribution in [1.82, 2.24) is 20.2 Å². The van der Waals surface area contributed by atoms with E-state index in [9.17, 15) is 17.6 Å². The number of nitrogens with zero attached hydrogens (tertiary/aromatic N) is 3. The molecule has 0 spiro atoms. The van der Waals surface area contributed by atoms with Crippen LogP contribution >= 0.6 is 11.6 Å². The first-order chi connectivity index (χ1) is 13.3. The fourth-order valence-electron chi connectivity index (χ4n) is 2.66. The molecule has 28 heavy (non-hydrogen) atoms. The van der Waals surface area contributed by atoms with Crippen LogP contribution in [-0.2, 0) is 6.18 Å². The van der Waals surface area contributed by atoms with Gasteiger partial charge in [0.15, 0.2) is 5.65 Å². The average Bonchev–Trinajstić information content (AvgIpc) is 3.03. The number of aromatic nitrogens is 4. The summed E-state index contributed by atoms with van der Waals surface area (Å²) in [7, 11) is 0. The number of anilines is 2. The van der Waals surface area contributed by atoms with Gasteiger partial charge in [-0.1, -0.05) is 29.8 Å². The van der Waals surface area contributed by atoms with Crippen LogP contribution < -0.4 is 5.32 Å². The summed E-state index contributed by atoms with van der Waals surface area (Å²) in [6.07, 6.45) is -3.61. The zero-order valence-electron chi connectivity index (χ0n) is 13.9. The van der Waals surface area contributed by atoms with E-state index in [0.717, 1.165) is 24.4 Å². The Morgan fingerprint density at radius 1 is 1.11 bits per heavy atom. The van der Waals surface area contributed by atoms with Gasteiger partial charge in [-0.25, -0.2) is 14.4 Å². The van der Waals surface area contributed by atoms with Crippen LogP contribution in [-0.4, -0.2) is 20.2 Å². The smallest absolute Gasteiger partial charge is 0.325 e. The minimum Gasteiger partial charge on any atom is -0.325 e. The van der Waals surface area contributed by atoms with Crippen LogP contribution in [0.5, 0.6) is 0 Å². The van der Waals surface area contributed by atoms with E-state index in [1.807, 2.05) is 0 Å². The molecular weight excluding hydrogens is 398 g/mol. The molecule has 2 N–H and O–H groups in total. The number of fused-ring (bicyclic) bond motifs is 1. The van der Waals surface area contributed by atoms with Crippen LogP contribution in [0.1, 0.15) is 6.99 Å². The Labute approximate surface area is 161 Å². The Morgan fingerprint density at radius 2 is 1.89 bits per heavy atom. The highest BCUT2D eigenvalue weighted by Crippen LogP contribution is 2.36. The van der Waals surface area contributed by atoms with Gasteiger partial charge in [0.1, 0.15) is 17.5 Å². The summed E-state index contributed by atoms with van der Waals surface area (Å²) in [5.41, 5.74) is -0.313. The van der Waals surface area contributed by atoms with Crippen molar-refractivity contribution in [2.45, 2.75) is 6.18 Å². The van der Waals surface area contributed by atoms with Gasteiger partial charge in [0, 0.05) is 12.0 Å². The summed E-state index contributed by atoms with van der Waals surface area (Å²) in [4.78, 5) is 8.03. The molecule has 0 aliphatic rings. The lowest BCUT2D eigenvalue weighted by Gasteiger charge is -2.13. The summed E-state index contributed by atoms with van der Waals surface area (Å²) in [6, 6.07) is 9.36. The Balaban J connectivity index is 0.00000240. The van der Waals surface area contributed by atoms with Crippen LogP contribution in [0.4, 0.5) is 29.2 Å². The molecule has 0 radical (unpaired) electrons. The summed E-state index contributed by atoms with van der Waals surface area (Å²) < 4.78 is 53.6. The first kappa shape index (κ1) is 18.2. The Hall–Kier alpha value is -3.20. The van der Waals surface area contributed by atoms with Gasteiger partial charge in [0.2, 0.25) is 0 Å². The molecule has 0 amide bonds. The SMILES string of the molecule is Fc1cnc2n[nH]c(Nc3cc(C(F)(F)F)cc(-c4ccccc4Cl)n3)c2c1.[HH]. The molecule has 5 nitrogen and oxygen atoms in total. The number of alkyl halides is 3. The molecule has 3 heterocycles. The molecule has 0 aliphatic carbocycles. The van der Waals surface area contributed by atoms with Gasteiger partial charge >= 0.3 is 6.18 Å². The number of H-pyrrole nitrogens is 1. The quantitative estimate of drug-likeness (QED) is 0.418. The number of hydrogen-bond donors (Lipinski definition) is 2. The Kier molecular flexibility index (Phi) is 4.38. The molecular formula is C18H12ClF4N5. The largest absolute Gasteiger partial charge is 0.416 e. The van der Waals surface area contributed by atoms with E-state index in [4.69, 9.17) is 11.6 Å². The van der Waals surface area contributed by atoms with E-state index < -0.39 is 17.6 Å². The van der Waals surface area contributed by atoms with E-state index in [1.165, 1.54) is 0 Å². The van der Waals surface area contributed by atoms with E-state index >= 15 is 0 Å². The molecule has 4 aromatic rings. The lowest BCUT2D eigenvalue weighted by atomic mass is 10.1. The number of benzene rings is 1. The minimum atomic E-state index is -4.60. The lowest BCUT2D eigenvalue weighted by Crippen LogP contribution is -2.08. The standard InChI is InChI=1S/C18H10ClF4N5.H2/c19-13-4-2-1-3-11(13)14-5-9(18(21,22)23)6-15(25-14)26-17-12-7-10(20)8-24-16(12)27-28-17;/h1-8H,(H2,24,25,26,27,28);1H. The maximum atomic E-state index is 13.5. The molecule has 0 saturated heterocycles. The summed E-state index contributed by atoms with van der Waals surface area (Å²) >= 11 is 6.11. The molecule has 3 aromatic heterocycles. The van der Waals surface area contributed by atoms with Crippen molar-refractivity contribution in [1.29, 1.82) is 0 Å². The molecule has 10 heteroatoms. The molecule has 144 valence electrons.